The van der Waals surface area contributed by atoms with Crippen molar-refractivity contribution in [3.05, 3.63) is 47.5 Å². The Morgan fingerprint density at radius 2 is 1.79 bits per heavy atom. The molecule has 3 rings (SSSR count). The van der Waals surface area contributed by atoms with Gasteiger partial charge < -0.3 is 24.3 Å². The molecule has 0 aliphatic carbocycles. The highest BCUT2D eigenvalue weighted by atomic mass is 16.6. The van der Waals surface area contributed by atoms with Gasteiger partial charge in [-0.05, 0) is 30.7 Å². The van der Waals surface area contributed by atoms with Gasteiger partial charge >= 0.3 is 0 Å². The Labute approximate surface area is 142 Å². The molecule has 5 heteroatoms. The predicted molar refractivity (Wildman–Crippen MR) is 92.2 cm³/mol. The molecule has 0 saturated heterocycles. The molecule has 1 unspecified atom stereocenters. The number of methoxy groups -OCH3 is 2. The number of para-hydroxylation sites is 1. The van der Waals surface area contributed by atoms with E-state index in [2.05, 4.69) is 18.3 Å². The second-order valence-corrected chi connectivity index (χ2v) is 5.67. The first kappa shape index (κ1) is 16.5. The molecule has 128 valence electrons. The molecular weight excluding hydrogens is 306 g/mol. The lowest BCUT2D eigenvalue weighted by Crippen LogP contribution is -2.20. The van der Waals surface area contributed by atoms with Crippen LogP contribution in [0.1, 0.15) is 24.1 Å². The van der Waals surface area contributed by atoms with E-state index in [1.165, 1.54) is 0 Å². The summed E-state index contributed by atoms with van der Waals surface area (Å²) in [6.07, 6.45) is 0. The van der Waals surface area contributed by atoms with Gasteiger partial charge in [-0.3, -0.25) is 0 Å². The summed E-state index contributed by atoms with van der Waals surface area (Å²) >= 11 is 0. The summed E-state index contributed by atoms with van der Waals surface area (Å²) < 4.78 is 22.2. The molecule has 1 atom stereocenters. The Balaban J connectivity index is 1.74. The van der Waals surface area contributed by atoms with Crippen molar-refractivity contribution in [1.82, 2.24) is 5.32 Å². The number of ether oxygens (including phenoxy) is 4. The average Bonchev–Trinajstić information content (AvgIpc) is 2.65. The molecule has 0 saturated carbocycles. The van der Waals surface area contributed by atoms with Gasteiger partial charge in [-0.1, -0.05) is 18.2 Å². The zero-order chi connectivity index (χ0) is 16.9. The molecule has 0 fully saturated rings. The largest absolute Gasteiger partial charge is 0.496 e. The summed E-state index contributed by atoms with van der Waals surface area (Å²) in [6, 6.07) is 12.2. The van der Waals surface area contributed by atoms with E-state index < -0.39 is 0 Å². The summed E-state index contributed by atoms with van der Waals surface area (Å²) in [6.45, 7) is 3.91. The Hall–Kier alpha value is -2.40. The topological polar surface area (TPSA) is 49.0 Å². The smallest absolute Gasteiger partial charge is 0.203 e. The second kappa shape index (κ2) is 7.45. The Morgan fingerprint density at radius 3 is 2.58 bits per heavy atom. The van der Waals surface area contributed by atoms with Crippen molar-refractivity contribution in [2.75, 3.05) is 27.4 Å². The lowest BCUT2D eigenvalue weighted by Gasteiger charge is -2.22. The maximum absolute atomic E-state index is 5.68. The van der Waals surface area contributed by atoms with E-state index >= 15 is 0 Å². The molecule has 5 nitrogen and oxygen atoms in total. The van der Waals surface area contributed by atoms with Crippen LogP contribution in [0.4, 0.5) is 0 Å². The van der Waals surface area contributed by atoms with Gasteiger partial charge in [0, 0.05) is 18.2 Å². The minimum Gasteiger partial charge on any atom is -0.496 e. The fourth-order valence-electron chi connectivity index (χ4n) is 2.83. The first-order valence-corrected chi connectivity index (χ1v) is 8.05. The third kappa shape index (κ3) is 3.41. The number of rotatable bonds is 6. The lowest BCUT2D eigenvalue weighted by molar-refractivity contribution is 0.165. The normalized spacial score (nSPS) is 14.1. The molecule has 24 heavy (non-hydrogen) atoms. The third-order valence-corrected chi connectivity index (χ3v) is 4.11. The van der Waals surface area contributed by atoms with E-state index in [1.54, 1.807) is 14.2 Å². The van der Waals surface area contributed by atoms with Gasteiger partial charge in [0.15, 0.2) is 11.5 Å². The third-order valence-electron chi connectivity index (χ3n) is 4.11. The minimum atomic E-state index is 0.153. The van der Waals surface area contributed by atoms with Crippen LogP contribution in [0.5, 0.6) is 23.0 Å². The van der Waals surface area contributed by atoms with Crippen molar-refractivity contribution in [3.8, 4) is 23.0 Å². The van der Waals surface area contributed by atoms with E-state index in [9.17, 15) is 0 Å². The Morgan fingerprint density at radius 1 is 1.04 bits per heavy atom. The molecule has 0 spiro atoms. The van der Waals surface area contributed by atoms with Crippen LogP contribution in [-0.4, -0.2) is 27.4 Å². The highest BCUT2D eigenvalue weighted by Crippen LogP contribution is 2.40. The number of fused-ring (bicyclic) bond motifs is 1. The van der Waals surface area contributed by atoms with Crippen LogP contribution in [0.3, 0.4) is 0 Å². The summed E-state index contributed by atoms with van der Waals surface area (Å²) in [5, 5.41) is 3.52. The second-order valence-electron chi connectivity index (χ2n) is 5.67. The minimum absolute atomic E-state index is 0.153. The summed E-state index contributed by atoms with van der Waals surface area (Å²) in [5.41, 5.74) is 2.21. The van der Waals surface area contributed by atoms with Crippen LogP contribution in [0.15, 0.2) is 36.4 Å². The van der Waals surface area contributed by atoms with Gasteiger partial charge in [-0.25, -0.2) is 0 Å². The molecule has 0 radical (unpaired) electrons. The first-order chi connectivity index (χ1) is 11.7. The Bertz CT molecular complexity index is 685. The standard InChI is InChI=1S/C19H23NO4/c1-13(15-6-4-5-7-16(15)21-2)20-12-14-10-17(22-3)19-18(11-14)23-8-9-24-19/h4-7,10-11,13,20H,8-9,12H2,1-3H3. The van der Waals surface area contributed by atoms with Crippen molar-refractivity contribution < 1.29 is 18.9 Å². The molecule has 2 aromatic carbocycles. The van der Waals surface area contributed by atoms with Crippen molar-refractivity contribution in [1.29, 1.82) is 0 Å². The van der Waals surface area contributed by atoms with E-state index in [1.807, 2.05) is 30.3 Å². The number of benzene rings is 2. The van der Waals surface area contributed by atoms with Crippen molar-refractivity contribution in [2.24, 2.45) is 0 Å². The highest BCUT2D eigenvalue weighted by Gasteiger charge is 2.19. The fourth-order valence-corrected chi connectivity index (χ4v) is 2.83. The quantitative estimate of drug-likeness (QED) is 0.881. The Kier molecular flexibility index (Phi) is 5.11. The van der Waals surface area contributed by atoms with E-state index in [0.717, 1.165) is 22.6 Å². The molecule has 0 aromatic heterocycles. The molecule has 1 heterocycles. The number of hydrogen-bond acceptors (Lipinski definition) is 5. The van der Waals surface area contributed by atoms with Gasteiger partial charge in [0.05, 0.1) is 14.2 Å². The SMILES string of the molecule is COc1ccccc1C(C)NCc1cc(OC)c2c(c1)OCCO2. The molecule has 0 bridgehead atoms. The molecule has 1 aliphatic rings. The van der Waals surface area contributed by atoms with E-state index in [0.29, 0.717) is 31.3 Å². The van der Waals surface area contributed by atoms with Gasteiger partial charge in [0.25, 0.3) is 0 Å². The molecule has 0 amide bonds. The summed E-state index contributed by atoms with van der Waals surface area (Å²) in [7, 11) is 3.33. The van der Waals surface area contributed by atoms with E-state index in [4.69, 9.17) is 18.9 Å². The predicted octanol–water partition coefficient (Wildman–Crippen LogP) is 3.33. The molecule has 1 aliphatic heterocycles. The van der Waals surface area contributed by atoms with Crippen molar-refractivity contribution in [2.45, 2.75) is 19.5 Å². The van der Waals surface area contributed by atoms with Crippen LogP contribution in [0, 0.1) is 0 Å². The van der Waals surface area contributed by atoms with Gasteiger partial charge in [-0.2, -0.15) is 0 Å². The maximum Gasteiger partial charge on any atom is 0.203 e. The van der Waals surface area contributed by atoms with Gasteiger partial charge in [0.1, 0.15) is 19.0 Å². The lowest BCUT2D eigenvalue weighted by atomic mass is 10.1. The van der Waals surface area contributed by atoms with Crippen molar-refractivity contribution >= 4 is 0 Å². The van der Waals surface area contributed by atoms with Gasteiger partial charge in [0.2, 0.25) is 5.75 Å². The monoisotopic (exact) mass is 329 g/mol. The highest BCUT2D eigenvalue weighted by molar-refractivity contribution is 5.54. The first-order valence-electron chi connectivity index (χ1n) is 8.05. The summed E-state index contributed by atoms with van der Waals surface area (Å²) in [4.78, 5) is 0. The molecule has 2 aromatic rings. The van der Waals surface area contributed by atoms with Crippen LogP contribution < -0.4 is 24.3 Å². The number of hydrogen-bond donors (Lipinski definition) is 1. The van der Waals surface area contributed by atoms with Crippen molar-refractivity contribution in [3.63, 3.8) is 0 Å². The van der Waals surface area contributed by atoms with Crippen LogP contribution in [0.2, 0.25) is 0 Å². The summed E-state index contributed by atoms with van der Waals surface area (Å²) in [5.74, 6) is 3.01. The van der Waals surface area contributed by atoms with Crippen LogP contribution >= 0.6 is 0 Å². The zero-order valence-corrected chi connectivity index (χ0v) is 14.3. The molecular formula is C19H23NO4. The average molecular weight is 329 g/mol. The van der Waals surface area contributed by atoms with Crippen LogP contribution in [0.25, 0.3) is 0 Å². The number of nitrogens with one attached hydrogen (secondary N) is 1. The molecule has 1 N–H and O–H groups in total. The van der Waals surface area contributed by atoms with E-state index in [-0.39, 0.29) is 6.04 Å². The maximum atomic E-state index is 5.68. The van der Waals surface area contributed by atoms with Crippen LogP contribution in [-0.2, 0) is 6.54 Å². The zero-order valence-electron chi connectivity index (χ0n) is 14.3. The fraction of sp³-hybridized carbons (Fsp3) is 0.368. The van der Waals surface area contributed by atoms with Gasteiger partial charge in [-0.15, -0.1) is 0 Å².